The van der Waals surface area contributed by atoms with Gasteiger partial charge in [-0.25, -0.2) is 0 Å². The molecule has 6 nitrogen and oxygen atoms in total. The molecule has 3 N–H and O–H groups in total. The van der Waals surface area contributed by atoms with Gasteiger partial charge in [0, 0.05) is 11.1 Å². The van der Waals surface area contributed by atoms with Crippen LogP contribution in [0.4, 0.5) is 5.00 Å². The maximum absolute atomic E-state index is 12.4. The normalized spacial score (nSPS) is 16.2. The molecule has 0 saturated carbocycles. The predicted octanol–water partition coefficient (Wildman–Crippen LogP) is 3.08. The van der Waals surface area contributed by atoms with Crippen LogP contribution in [-0.2, 0) is 24.2 Å². The molecule has 1 aliphatic carbocycles. The van der Waals surface area contributed by atoms with Gasteiger partial charge in [-0.15, -0.1) is 11.3 Å². The van der Waals surface area contributed by atoms with Crippen molar-refractivity contribution >= 4 is 51.4 Å². The molecule has 26 heavy (non-hydrogen) atoms. The van der Waals surface area contributed by atoms with Gasteiger partial charge in [-0.3, -0.25) is 14.4 Å². The number of nitrogens with one attached hydrogen (secondary N) is 1. The quantitative estimate of drug-likeness (QED) is 0.805. The molecule has 3 rings (SSSR count). The average Bonchev–Trinajstić information content (AvgIpc) is 2.88. The zero-order valence-electron chi connectivity index (χ0n) is 14.0. The van der Waals surface area contributed by atoms with E-state index in [0.29, 0.717) is 16.5 Å². The number of halogens is 2. The van der Waals surface area contributed by atoms with Crippen LogP contribution in [0.15, 0.2) is 17.1 Å². The third kappa shape index (κ3) is 3.79. The van der Waals surface area contributed by atoms with Gasteiger partial charge in [-0.2, -0.15) is 0 Å². The SMILES string of the molecule is CC1CCc2c(sc(NC(=O)Cn3cc(Cl)cc(Cl)c3=O)c2C(N)=O)C1. The lowest BCUT2D eigenvalue weighted by Crippen LogP contribution is -2.28. The number of carbonyl (C=O) groups excluding carboxylic acids is 2. The smallest absolute Gasteiger partial charge is 0.269 e. The van der Waals surface area contributed by atoms with Crippen molar-refractivity contribution in [1.29, 1.82) is 0 Å². The number of thiophene rings is 1. The molecule has 0 spiro atoms. The first-order valence-corrected chi connectivity index (χ1v) is 9.63. The third-order valence-electron chi connectivity index (χ3n) is 4.33. The number of pyridine rings is 1. The molecule has 2 heterocycles. The second-order valence-electron chi connectivity index (χ2n) is 6.41. The highest BCUT2D eigenvalue weighted by molar-refractivity contribution is 7.17. The van der Waals surface area contributed by atoms with Gasteiger partial charge in [0.25, 0.3) is 11.5 Å². The fourth-order valence-electron chi connectivity index (χ4n) is 3.10. The van der Waals surface area contributed by atoms with Gasteiger partial charge in [-0.05, 0) is 36.8 Å². The minimum absolute atomic E-state index is 0.0660. The Morgan fingerprint density at radius 1 is 1.42 bits per heavy atom. The van der Waals surface area contributed by atoms with Crippen LogP contribution in [0, 0.1) is 5.92 Å². The van der Waals surface area contributed by atoms with Crippen molar-refractivity contribution < 1.29 is 9.59 Å². The number of amides is 2. The van der Waals surface area contributed by atoms with E-state index in [1.165, 1.54) is 23.6 Å². The Morgan fingerprint density at radius 3 is 2.85 bits per heavy atom. The van der Waals surface area contributed by atoms with E-state index in [1.807, 2.05) is 0 Å². The lowest BCUT2D eigenvalue weighted by atomic mass is 9.88. The van der Waals surface area contributed by atoms with E-state index >= 15 is 0 Å². The fourth-order valence-corrected chi connectivity index (χ4v) is 5.04. The van der Waals surface area contributed by atoms with E-state index in [4.69, 9.17) is 28.9 Å². The van der Waals surface area contributed by atoms with E-state index in [1.54, 1.807) is 0 Å². The summed E-state index contributed by atoms with van der Waals surface area (Å²) in [6.45, 7) is 1.89. The molecule has 0 bridgehead atoms. The minimum atomic E-state index is -0.560. The highest BCUT2D eigenvalue weighted by Gasteiger charge is 2.27. The summed E-state index contributed by atoms with van der Waals surface area (Å²) < 4.78 is 1.12. The molecule has 0 radical (unpaired) electrons. The summed E-state index contributed by atoms with van der Waals surface area (Å²) in [5.41, 5.74) is 6.33. The lowest BCUT2D eigenvalue weighted by molar-refractivity contribution is -0.116. The van der Waals surface area contributed by atoms with Crippen molar-refractivity contribution in [1.82, 2.24) is 4.57 Å². The highest BCUT2D eigenvalue weighted by Crippen LogP contribution is 2.39. The van der Waals surface area contributed by atoms with Crippen molar-refractivity contribution in [3.8, 4) is 0 Å². The first-order chi connectivity index (χ1) is 12.3. The van der Waals surface area contributed by atoms with Gasteiger partial charge in [0.05, 0.1) is 10.6 Å². The zero-order valence-corrected chi connectivity index (χ0v) is 16.3. The van der Waals surface area contributed by atoms with Crippen molar-refractivity contribution in [3.05, 3.63) is 48.7 Å². The number of fused-ring (bicyclic) bond motifs is 1. The number of primary amides is 1. The van der Waals surface area contributed by atoms with Gasteiger partial charge in [0.1, 0.15) is 16.6 Å². The average molecular weight is 414 g/mol. The van der Waals surface area contributed by atoms with Crippen LogP contribution in [0.5, 0.6) is 0 Å². The van der Waals surface area contributed by atoms with Gasteiger partial charge in [0.15, 0.2) is 0 Å². The van der Waals surface area contributed by atoms with Crippen LogP contribution in [0.1, 0.15) is 34.1 Å². The summed E-state index contributed by atoms with van der Waals surface area (Å²) in [6.07, 6.45) is 3.95. The van der Waals surface area contributed by atoms with Crippen molar-refractivity contribution in [3.63, 3.8) is 0 Å². The summed E-state index contributed by atoms with van der Waals surface area (Å²) in [4.78, 5) is 37.4. The summed E-state index contributed by atoms with van der Waals surface area (Å²) in [7, 11) is 0. The summed E-state index contributed by atoms with van der Waals surface area (Å²) in [6, 6.07) is 1.32. The molecule has 0 aromatic carbocycles. The summed E-state index contributed by atoms with van der Waals surface area (Å²) in [5.74, 6) is -0.493. The summed E-state index contributed by atoms with van der Waals surface area (Å²) in [5, 5.41) is 3.33. The Bertz CT molecular complexity index is 951. The molecular formula is C17H17Cl2N3O3S. The fraction of sp³-hybridized carbons (Fsp3) is 0.353. The first kappa shape index (κ1) is 18.9. The number of carbonyl (C=O) groups is 2. The molecule has 1 atom stereocenters. The molecule has 138 valence electrons. The van der Waals surface area contributed by atoms with Crippen LogP contribution in [-0.4, -0.2) is 16.4 Å². The number of aromatic nitrogens is 1. The molecule has 2 aromatic rings. The highest BCUT2D eigenvalue weighted by atomic mass is 35.5. The van der Waals surface area contributed by atoms with Gasteiger partial charge in [-0.1, -0.05) is 30.1 Å². The van der Waals surface area contributed by atoms with Gasteiger partial charge < -0.3 is 15.6 Å². The van der Waals surface area contributed by atoms with Crippen LogP contribution in [0.3, 0.4) is 0 Å². The molecular weight excluding hydrogens is 397 g/mol. The maximum atomic E-state index is 12.4. The van der Waals surface area contributed by atoms with E-state index in [9.17, 15) is 14.4 Å². The molecule has 1 unspecified atom stereocenters. The van der Waals surface area contributed by atoms with Crippen molar-refractivity contribution in [2.24, 2.45) is 11.7 Å². The number of nitrogens with two attached hydrogens (primary N) is 1. The van der Waals surface area contributed by atoms with Crippen molar-refractivity contribution in [2.75, 3.05) is 5.32 Å². The zero-order chi connectivity index (χ0) is 19.0. The van der Waals surface area contributed by atoms with Crippen LogP contribution >= 0.6 is 34.5 Å². The molecule has 9 heteroatoms. The van der Waals surface area contributed by atoms with Crippen LogP contribution < -0.4 is 16.6 Å². The molecule has 1 aliphatic rings. The number of nitrogens with zero attached hydrogens (tertiary/aromatic N) is 1. The standard InChI is InChI=1S/C17H17Cl2N3O3S/c1-8-2-3-10-12(4-8)26-16(14(10)15(20)24)21-13(23)7-22-6-9(18)5-11(19)17(22)25/h5-6,8H,2-4,7H2,1H3,(H2,20,24)(H,21,23). The minimum Gasteiger partial charge on any atom is -0.365 e. The molecule has 2 amide bonds. The van der Waals surface area contributed by atoms with Gasteiger partial charge in [0.2, 0.25) is 5.91 Å². The number of hydrogen-bond acceptors (Lipinski definition) is 4. The lowest BCUT2D eigenvalue weighted by Gasteiger charge is -2.18. The first-order valence-electron chi connectivity index (χ1n) is 8.06. The van der Waals surface area contributed by atoms with E-state index in [-0.39, 0.29) is 16.6 Å². The Labute approximate surface area is 163 Å². The second-order valence-corrected chi connectivity index (χ2v) is 8.36. The summed E-state index contributed by atoms with van der Waals surface area (Å²) >= 11 is 13.1. The maximum Gasteiger partial charge on any atom is 0.269 e. The largest absolute Gasteiger partial charge is 0.365 e. The Balaban J connectivity index is 1.86. The van der Waals surface area contributed by atoms with Crippen LogP contribution in [0.2, 0.25) is 10.0 Å². The topological polar surface area (TPSA) is 94.2 Å². The molecule has 0 aliphatic heterocycles. The molecule has 0 saturated heterocycles. The van der Waals surface area contributed by atoms with E-state index in [2.05, 4.69) is 12.2 Å². The predicted molar refractivity (Wildman–Crippen MR) is 103 cm³/mol. The Morgan fingerprint density at radius 2 is 2.15 bits per heavy atom. The third-order valence-corrected chi connectivity index (χ3v) is 5.98. The monoisotopic (exact) mass is 413 g/mol. The van der Waals surface area contributed by atoms with E-state index in [0.717, 1.165) is 34.3 Å². The Hall–Kier alpha value is -1.83. The number of rotatable bonds is 4. The van der Waals surface area contributed by atoms with Crippen molar-refractivity contribution in [2.45, 2.75) is 32.7 Å². The molecule has 2 aromatic heterocycles. The van der Waals surface area contributed by atoms with Gasteiger partial charge >= 0.3 is 0 Å². The number of hydrogen-bond donors (Lipinski definition) is 2. The molecule has 0 fully saturated rings. The Kier molecular flexibility index (Phi) is 5.41. The number of anilines is 1. The van der Waals surface area contributed by atoms with E-state index < -0.39 is 17.4 Å². The van der Waals surface area contributed by atoms with Crippen LogP contribution in [0.25, 0.3) is 0 Å². The second kappa shape index (κ2) is 7.42.